The molecule has 29 heavy (non-hydrogen) atoms. The first-order valence-electron chi connectivity index (χ1n) is 10.6. The minimum Gasteiger partial charge on any atom is -0.381 e. The number of nitrogens with one attached hydrogen (secondary N) is 2. The Bertz CT molecular complexity index is 992. The van der Waals surface area contributed by atoms with Gasteiger partial charge in [-0.3, -0.25) is 4.90 Å². The average molecular weight is 392 g/mol. The molecule has 6 nitrogen and oxygen atoms in total. The summed E-state index contributed by atoms with van der Waals surface area (Å²) in [6.45, 7) is 4.24. The van der Waals surface area contributed by atoms with Crippen LogP contribution in [0, 0.1) is 6.92 Å². The zero-order valence-electron chi connectivity index (χ0n) is 17.2. The van der Waals surface area contributed by atoms with Crippen LogP contribution in [0.2, 0.25) is 0 Å². The molecular formula is C23H29N5O. The molecule has 0 saturated carbocycles. The average Bonchev–Trinajstić information content (AvgIpc) is 3.15. The van der Waals surface area contributed by atoms with Crippen LogP contribution in [0.5, 0.6) is 0 Å². The van der Waals surface area contributed by atoms with Crippen molar-refractivity contribution in [3.63, 3.8) is 0 Å². The largest absolute Gasteiger partial charge is 0.381 e. The van der Waals surface area contributed by atoms with E-state index in [4.69, 9.17) is 4.74 Å². The van der Waals surface area contributed by atoms with Crippen molar-refractivity contribution in [3.8, 4) is 0 Å². The monoisotopic (exact) mass is 391 g/mol. The Morgan fingerprint density at radius 1 is 1.14 bits per heavy atom. The van der Waals surface area contributed by atoms with E-state index in [1.54, 1.807) is 6.33 Å². The summed E-state index contributed by atoms with van der Waals surface area (Å²) >= 11 is 0. The fourth-order valence-electron chi connectivity index (χ4n) is 5.09. The molecule has 2 N–H and O–H groups in total. The summed E-state index contributed by atoms with van der Waals surface area (Å²) in [7, 11) is 1.83. The molecule has 0 bridgehead atoms. The fourth-order valence-corrected chi connectivity index (χ4v) is 5.09. The van der Waals surface area contributed by atoms with Crippen LogP contribution in [0.25, 0.3) is 11.0 Å². The number of hydrogen-bond acceptors (Lipinski definition) is 5. The number of methoxy groups -OCH3 is 1. The summed E-state index contributed by atoms with van der Waals surface area (Å²) in [5, 5.41) is 4.88. The Kier molecular flexibility index (Phi) is 4.97. The summed E-state index contributed by atoms with van der Waals surface area (Å²) in [6.07, 6.45) is 6.55. The number of aryl methyl sites for hydroxylation is 2. The van der Waals surface area contributed by atoms with Gasteiger partial charge in [-0.05, 0) is 49.8 Å². The van der Waals surface area contributed by atoms with Gasteiger partial charge in [-0.2, -0.15) is 0 Å². The van der Waals surface area contributed by atoms with Crippen LogP contribution in [0.3, 0.4) is 0 Å². The van der Waals surface area contributed by atoms with Gasteiger partial charge in [-0.1, -0.05) is 24.3 Å². The quantitative estimate of drug-likeness (QED) is 0.707. The summed E-state index contributed by atoms with van der Waals surface area (Å²) < 4.78 is 5.59. The highest BCUT2D eigenvalue weighted by Crippen LogP contribution is 2.37. The van der Waals surface area contributed by atoms with Crippen molar-refractivity contribution in [1.82, 2.24) is 19.9 Å². The van der Waals surface area contributed by atoms with Gasteiger partial charge in [0.15, 0.2) is 0 Å². The van der Waals surface area contributed by atoms with Crippen LogP contribution in [0.1, 0.15) is 42.1 Å². The molecule has 2 atom stereocenters. The van der Waals surface area contributed by atoms with Gasteiger partial charge in [0.25, 0.3) is 0 Å². The van der Waals surface area contributed by atoms with E-state index in [-0.39, 0.29) is 6.04 Å². The molecule has 6 heteroatoms. The molecule has 1 saturated heterocycles. The van der Waals surface area contributed by atoms with Gasteiger partial charge >= 0.3 is 0 Å². The molecule has 2 unspecified atom stereocenters. The molecule has 1 aliphatic heterocycles. The maximum absolute atomic E-state index is 5.59. The minimum atomic E-state index is 0.215. The Labute approximate surface area is 171 Å². The van der Waals surface area contributed by atoms with Crippen LogP contribution in [0.15, 0.2) is 36.7 Å². The van der Waals surface area contributed by atoms with E-state index in [2.05, 4.69) is 62.4 Å². The Morgan fingerprint density at radius 3 is 2.79 bits per heavy atom. The van der Waals surface area contributed by atoms with Crippen molar-refractivity contribution in [2.45, 2.75) is 50.8 Å². The number of ether oxygens (including phenoxy) is 1. The lowest BCUT2D eigenvalue weighted by atomic mass is 9.82. The Balaban J connectivity index is 1.49. The molecule has 152 valence electrons. The maximum Gasteiger partial charge on any atom is 0.143 e. The lowest BCUT2D eigenvalue weighted by Gasteiger charge is -2.44. The van der Waals surface area contributed by atoms with Crippen LogP contribution in [-0.4, -0.2) is 52.2 Å². The van der Waals surface area contributed by atoms with E-state index < -0.39 is 0 Å². The number of piperidine rings is 1. The third kappa shape index (κ3) is 3.51. The lowest BCUT2D eigenvalue weighted by molar-refractivity contribution is 0.0213. The number of aromatic amines is 1. The van der Waals surface area contributed by atoms with Crippen molar-refractivity contribution in [1.29, 1.82) is 0 Å². The first-order chi connectivity index (χ1) is 14.2. The van der Waals surface area contributed by atoms with Crippen molar-refractivity contribution >= 4 is 16.9 Å². The topological polar surface area (TPSA) is 66.1 Å². The summed E-state index contributed by atoms with van der Waals surface area (Å²) in [5.74, 6) is 0.915. The second kappa shape index (κ2) is 7.76. The molecule has 1 aromatic carbocycles. The summed E-state index contributed by atoms with van der Waals surface area (Å²) in [6, 6.07) is 11.7. The lowest BCUT2D eigenvalue weighted by Crippen LogP contribution is -2.49. The van der Waals surface area contributed by atoms with Gasteiger partial charge in [0.1, 0.15) is 17.8 Å². The van der Waals surface area contributed by atoms with Gasteiger partial charge in [0, 0.05) is 31.9 Å². The summed E-state index contributed by atoms with van der Waals surface area (Å²) in [4.78, 5) is 15.0. The predicted octanol–water partition coefficient (Wildman–Crippen LogP) is 3.85. The highest BCUT2D eigenvalue weighted by Gasteiger charge is 2.35. The molecule has 0 spiro atoms. The van der Waals surface area contributed by atoms with Gasteiger partial charge < -0.3 is 15.0 Å². The fraction of sp³-hybridized carbons (Fsp3) is 0.478. The Morgan fingerprint density at radius 2 is 1.97 bits per heavy atom. The molecule has 1 aliphatic carbocycles. The van der Waals surface area contributed by atoms with E-state index in [1.807, 2.05) is 7.11 Å². The SMILES string of the molecule is COC1CCN(C2CCc3ccccc3C2Nc2ncnc3[nH]c(C)cc23)CC1. The Hall–Kier alpha value is -2.44. The highest BCUT2D eigenvalue weighted by atomic mass is 16.5. The smallest absolute Gasteiger partial charge is 0.143 e. The van der Waals surface area contributed by atoms with Crippen molar-refractivity contribution in [2.75, 3.05) is 25.5 Å². The zero-order chi connectivity index (χ0) is 19.8. The van der Waals surface area contributed by atoms with E-state index in [1.165, 1.54) is 11.1 Å². The van der Waals surface area contributed by atoms with Crippen molar-refractivity contribution in [2.24, 2.45) is 0 Å². The number of hydrogen-bond donors (Lipinski definition) is 2. The van der Waals surface area contributed by atoms with Crippen molar-refractivity contribution in [3.05, 3.63) is 53.5 Å². The van der Waals surface area contributed by atoms with Gasteiger partial charge in [0.05, 0.1) is 17.5 Å². The number of aromatic nitrogens is 3. The van der Waals surface area contributed by atoms with Crippen LogP contribution in [-0.2, 0) is 11.2 Å². The highest BCUT2D eigenvalue weighted by molar-refractivity contribution is 5.87. The number of fused-ring (bicyclic) bond motifs is 2. The van der Waals surface area contributed by atoms with E-state index in [0.29, 0.717) is 12.1 Å². The zero-order valence-corrected chi connectivity index (χ0v) is 17.2. The first kappa shape index (κ1) is 18.6. The molecule has 3 heterocycles. The van der Waals surface area contributed by atoms with Gasteiger partial charge in [-0.25, -0.2) is 9.97 Å². The minimum absolute atomic E-state index is 0.215. The second-order valence-corrected chi connectivity index (χ2v) is 8.33. The molecule has 2 aromatic heterocycles. The number of benzene rings is 1. The van der Waals surface area contributed by atoms with E-state index in [0.717, 1.165) is 61.3 Å². The number of likely N-dealkylation sites (tertiary alicyclic amines) is 1. The summed E-state index contributed by atoms with van der Waals surface area (Å²) in [5.41, 5.74) is 4.84. The van der Waals surface area contributed by atoms with E-state index in [9.17, 15) is 0 Å². The molecule has 1 fully saturated rings. The van der Waals surface area contributed by atoms with Crippen LogP contribution in [0.4, 0.5) is 5.82 Å². The third-order valence-electron chi connectivity index (χ3n) is 6.62. The third-order valence-corrected chi connectivity index (χ3v) is 6.62. The number of anilines is 1. The van der Waals surface area contributed by atoms with Gasteiger partial charge in [0.2, 0.25) is 0 Å². The number of rotatable bonds is 4. The number of H-pyrrole nitrogens is 1. The first-order valence-corrected chi connectivity index (χ1v) is 10.6. The molecular weight excluding hydrogens is 362 g/mol. The van der Waals surface area contributed by atoms with E-state index >= 15 is 0 Å². The molecule has 2 aliphatic rings. The van der Waals surface area contributed by atoms with Crippen molar-refractivity contribution < 1.29 is 4.74 Å². The van der Waals surface area contributed by atoms with Crippen LogP contribution >= 0.6 is 0 Å². The molecule has 0 radical (unpaired) electrons. The second-order valence-electron chi connectivity index (χ2n) is 8.33. The molecule has 3 aromatic rings. The predicted molar refractivity (Wildman–Crippen MR) is 115 cm³/mol. The maximum atomic E-state index is 5.59. The number of nitrogens with zero attached hydrogens (tertiary/aromatic N) is 3. The normalized spacial score (nSPS) is 23.2. The van der Waals surface area contributed by atoms with Crippen LogP contribution < -0.4 is 5.32 Å². The molecule has 5 rings (SSSR count). The standard InChI is InChI=1S/C23H29N5O/c1-15-13-19-22(26-15)24-14-25-23(19)27-21-18-6-4-3-5-16(18)7-8-20(21)28-11-9-17(29-2)10-12-28/h3-6,13-14,17,20-21H,7-12H2,1-2H3,(H2,24,25,26,27). The van der Waals surface area contributed by atoms with Gasteiger partial charge in [-0.15, -0.1) is 0 Å². The molecule has 0 amide bonds.